The molecule has 1 aromatic heterocycles. The number of nitrogens with one attached hydrogen (secondary N) is 2. The van der Waals surface area contributed by atoms with Crippen molar-refractivity contribution in [2.24, 2.45) is 0 Å². The molecule has 9 nitrogen and oxygen atoms in total. The number of aryl methyl sites for hydroxylation is 1. The summed E-state index contributed by atoms with van der Waals surface area (Å²) in [4.78, 5) is 23.6. The minimum atomic E-state index is -0.847. The van der Waals surface area contributed by atoms with Gasteiger partial charge in [0.15, 0.2) is 5.83 Å². The van der Waals surface area contributed by atoms with Gasteiger partial charge in [0, 0.05) is 23.6 Å². The summed E-state index contributed by atoms with van der Waals surface area (Å²) in [5.74, 6) is 1.03. The molecule has 4 aromatic rings. The Kier molecular flexibility index (Phi) is 8.30. The quantitative estimate of drug-likeness (QED) is 0.229. The number of rotatable bonds is 9. The van der Waals surface area contributed by atoms with Gasteiger partial charge < -0.3 is 24.8 Å². The van der Waals surface area contributed by atoms with Gasteiger partial charge in [-0.25, -0.2) is 14.4 Å². The molecule has 212 valence electrons. The number of amides is 1. The van der Waals surface area contributed by atoms with Crippen molar-refractivity contribution in [3.05, 3.63) is 78.4 Å². The van der Waals surface area contributed by atoms with E-state index >= 15 is 0 Å². The van der Waals surface area contributed by atoms with Crippen LogP contribution in [0.2, 0.25) is 0 Å². The minimum Gasteiger partial charge on any atom is -0.494 e. The van der Waals surface area contributed by atoms with E-state index in [1.54, 1.807) is 25.3 Å². The number of halogens is 1. The van der Waals surface area contributed by atoms with Gasteiger partial charge in [-0.05, 0) is 69.3 Å². The first kappa shape index (κ1) is 27.9. The number of hydrogen-bond donors (Lipinski definition) is 2. The second-order valence-electron chi connectivity index (χ2n) is 9.81. The summed E-state index contributed by atoms with van der Waals surface area (Å²) in [5.41, 5.74) is 2.39. The Bertz CT molecular complexity index is 1590. The van der Waals surface area contributed by atoms with E-state index in [4.69, 9.17) is 14.2 Å². The summed E-state index contributed by atoms with van der Waals surface area (Å²) in [7, 11) is 4.97. The van der Waals surface area contributed by atoms with Crippen LogP contribution in [0.25, 0.3) is 10.9 Å². The molecule has 1 amide bonds. The molecular weight excluding hydrogens is 525 g/mol. The Morgan fingerprint density at radius 3 is 2.49 bits per heavy atom. The van der Waals surface area contributed by atoms with Crippen LogP contribution in [0.3, 0.4) is 0 Å². The number of carbonyl (C=O) groups excluding carboxylic acids is 1. The van der Waals surface area contributed by atoms with Crippen LogP contribution in [0, 0.1) is 6.92 Å². The van der Waals surface area contributed by atoms with Crippen LogP contribution in [-0.4, -0.2) is 54.6 Å². The Hall–Kier alpha value is -4.70. The lowest BCUT2D eigenvalue weighted by Gasteiger charge is -2.17. The van der Waals surface area contributed by atoms with E-state index in [0.717, 1.165) is 24.9 Å². The van der Waals surface area contributed by atoms with Crippen molar-refractivity contribution >= 4 is 34.0 Å². The number of fused-ring (bicyclic) bond motifs is 1. The van der Waals surface area contributed by atoms with E-state index in [9.17, 15) is 9.18 Å². The average Bonchev–Trinajstić information content (AvgIpc) is 3.38. The zero-order valence-corrected chi connectivity index (χ0v) is 23.4. The molecule has 10 heteroatoms. The highest BCUT2D eigenvalue weighted by Crippen LogP contribution is 2.38. The number of aromatic nitrogens is 2. The minimum absolute atomic E-state index is 0.105. The third-order valence-electron chi connectivity index (χ3n) is 7.06. The van der Waals surface area contributed by atoms with Crippen LogP contribution in [0.5, 0.6) is 23.0 Å². The molecule has 3 aromatic carbocycles. The largest absolute Gasteiger partial charge is 0.494 e. The average molecular weight is 558 g/mol. The maximum atomic E-state index is 14.8. The Morgan fingerprint density at radius 2 is 1.78 bits per heavy atom. The first-order chi connectivity index (χ1) is 19.9. The lowest BCUT2D eigenvalue weighted by molar-refractivity contribution is -0.114. The maximum absolute atomic E-state index is 14.8. The second-order valence-corrected chi connectivity index (χ2v) is 9.81. The molecule has 0 saturated carbocycles. The fraction of sp³-hybridized carbons (Fsp3) is 0.258. The van der Waals surface area contributed by atoms with Crippen LogP contribution < -0.4 is 24.8 Å². The van der Waals surface area contributed by atoms with E-state index < -0.39 is 11.7 Å². The molecule has 1 aliphatic heterocycles. The summed E-state index contributed by atoms with van der Waals surface area (Å²) >= 11 is 0. The molecule has 1 aliphatic rings. The molecular formula is C31H32FN5O4. The van der Waals surface area contributed by atoms with Gasteiger partial charge >= 0.3 is 0 Å². The lowest BCUT2D eigenvalue weighted by Crippen LogP contribution is -2.24. The molecule has 0 radical (unpaired) electrons. The second kappa shape index (κ2) is 12.2. The summed E-state index contributed by atoms with van der Waals surface area (Å²) < 4.78 is 32.0. The fourth-order valence-corrected chi connectivity index (χ4v) is 4.81. The highest BCUT2D eigenvalue weighted by atomic mass is 19.1. The van der Waals surface area contributed by atoms with Gasteiger partial charge in [-0.1, -0.05) is 18.2 Å². The molecule has 2 heterocycles. The number of hydrogen-bond acceptors (Lipinski definition) is 8. The molecule has 1 fully saturated rings. The first-order valence-electron chi connectivity index (χ1n) is 13.3. The van der Waals surface area contributed by atoms with Gasteiger partial charge in [0.25, 0.3) is 5.91 Å². The van der Waals surface area contributed by atoms with E-state index in [-0.39, 0.29) is 6.04 Å². The van der Waals surface area contributed by atoms with Crippen molar-refractivity contribution in [2.75, 3.05) is 38.4 Å². The van der Waals surface area contributed by atoms with Crippen molar-refractivity contribution in [1.82, 2.24) is 14.9 Å². The number of ether oxygens (including phenoxy) is 3. The molecule has 41 heavy (non-hydrogen) atoms. The van der Waals surface area contributed by atoms with Gasteiger partial charge in [-0.2, -0.15) is 0 Å². The Labute approximate surface area is 238 Å². The topological polar surface area (TPSA) is 97.8 Å². The molecule has 0 bridgehead atoms. The third kappa shape index (κ3) is 6.22. The lowest BCUT2D eigenvalue weighted by atomic mass is 10.1. The molecule has 2 N–H and O–H groups in total. The smallest absolute Gasteiger partial charge is 0.284 e. The SMILES string of the molecule is COc1cc2ncnc(Nc3cc(C)c(Oc4ccccc4)cc3OC)c2cc1NC(=O)C(F)=CC1CCCN1C. The van der Waals surface area contributed by atoms with Crippen LogP contribution in [0.1, 0.15) is 18.4 Å². The number of para-hydroxylation sites is 1. The van der Waals surface area contributed by atoms with Gasteiger partial charge in [0.2, 0.25) is 0 Å². The number of likely N-dealkylation sites (N-methyl/N-ethyl adjacent to an activating group) is 1. The summed E-state index contributed by atoms with van der Waals surface area (Å²) in [6.45, 7) is 2.81. The van der Waals surface area contributed by atoms with E-state index in [0.29, 0.717) is 51.1 Å². The van der Waals surface area contributed by atoms with Gasteiger partial charge in [-0.15, -0.1) is 0 Å². The molecule has 1 unspecified atom stereocenters. The van der Waals surface area contributed by atoms with Crippen LogP contribution >= 0.6 is 0 Å². The number of benzene rings is 3. The third-order valence-corrected chi connectivity index (χ3v) is 7.06. The van der Waals surface area contributed by atoms with Gasteiger partial charge in [0.05, 0.1) is 31.1 Å². The Balaban J connectivity index is 1.45. The van der Waals surface area contributed by atoms with E-state index in [2.05, 4.69) is 20.6 Å². The highest BCUT2D eigenvalue weighted by Gasteiger charge is 2.22. The van der Waals surface area contributed by atoms with Crippen molar-refractivity contribution < 1.29 is 23.4 Å². The molecule has 0 spiro atoms. The summed E-state index contributed by atoms with van der Waals surface area (Å²) in [6.07, 6.45) is 4.57. The maximum Gasteiger partial charge on any atom is 0.284 e. The monoisotopic (exact) mass is 557 g/mol. The van der Waals surface area contributed by atoms with Crippen LogP contribution in [0.15, 0.2) is 72.8 Å². The summed E-state index contributed by atoms with van der Waals surface area (Å²) in [6, 6.07) is 16.4. The zero-order chi connectivity index (χ0) is 28.9. The Morgan fingerprint density at radius 1 is 1.02 bits per heavy atom. The normalized spacial score (nSPS) is 15.5. The highest BCUT2D eigenvalue weighted by molar-refractivity contribution is 6.05. The van der Waals surface area contributed by atoms with Crippen LogP contribution in [-0.2, 0) is 4.79 Å². The van der Waals surface area contributed by atoms with Crippen molar-refractivity contribution in [1.29, 1.82) is 0 Å². The zero-order valence-electron chi connectivity index (χ0n) is 23.4. The number of likely N-dealkylation sites (tertiary alicyclic amines) is 1. The molecule has 1 saturated heterocycles. The number of methoxy groups -OCH3 is 2. The molecule has 1 atom stereocenters. The van der Waals surface area contributed by atoms with Crippen LogP contribution in [0.4, 0.5) is 21.6 Å². The number of anilines is 3. The molecule has 0 aliphatic carbocycles. The summed E-state index contributed by atoms with van der Waals surface area (Å²) in [5, 5.41) is 6.55. The van der Waals surface area contributed by atoms with Crippen molar-refractivity contribution in [2.45, 2.75) is 25.8 Å². The van der Waals surface area contributed by atoms with E-state index in [1.807, 2.05) is 55.3 Å². The molecule has 5 rings (SSSR count). The first-order valence-corrected chi connectivity index (χ1v) is 13.3. The standard InChI is InChI=1S/C31H32FN5O4/c1-19-13-25(29(40-4)17-27(19)41-21-10-6-5-7-11-21)35-30-22-15-26(28(39-3)16-24(22)33-18-34-30)36-31(38)23(32)14-20-9-8-12-37(20)2/h5-7,10-11,13-18,20H,8-9,12H2,1-4H3,(H,36,38)(H,33,34,35). The number of carbonyl (C=O) groups is 1. The van der Waals surface area contributed by atoms with E-state index in [1.165, 1.54) is 19.5 Å². The fourth-order valence-electron chi connectivity index (χ4n) is 4.81. The van der Waals surface area contributed by atoms with Crippen molar-refractivity contribution in [3.63, 3.8) is 0 Å². The van der Waals surface area contributed by atoms with Crippen molar-refractivity contribution in [3.8, 4) is 23.0 Å². The number of nitrogens with zero attached hydrogens (tertiary/aromatic N) is 3. The predicted molar refractivity (Wildman–Crippen MR) is 157 cm³/mol. The van der Waals surface area contributed by atoms with Gasteiger partial charge in [0.1, 0.15) is 35.1 Å². The van der Waals surface area contributed by atoms with Gasteiger partial charge in [-0.3, -0.25) is 9.69 Å². The predicted octanol–water partition coefficient (Wildman–Crippen LogP) is 6.38.